The van der Waals surface area contributed by atoms with Crippen molar-refractivity contribution >= 4 is 5.82 Å². The van der Waals surface area contributed by atoms with Crippen LogP contribution in [-0.2, 0) is 11.3 Å². The summed E-state index contributed by atoms with van der Waals surface area (Å²) in [5, 5.41) is 3.40. The Bertz CT molecular complexity index is 391. The lowest BCUT2D eigenvalue weighted by Crippen LogP contribution is -2.27. The molecule has 1 aromatic heterocycles. The number of aromatic nitrogens is 1. The minimum absolute atomic E-state index is 0.744. The highest BCUT2D eigenvalue weighted by molar-refractivity contribution is 5.46. The normalized spacial score (nSPS) is 15.7. The van der Waals surface area contributed by atoms with Crippen LogP contribution in [0, 0.1) is 5.92 Å². The van der Waals surface area contributed by atoms with Crippen LogP contribution in [0.1, 0.15) is 31.2 Å². The van der Waals surface area contributed by atoms with Gasteiger partial charge in [0.1, 0.15) is 5.82 Å². The lowest BCUT2D eigenvalue weighted by Gasteiger charge is -2.24. The molecule has 0 radical (unpaired) electrons. The average molecular weight is 277 g/mol. The van der Waals surface area contributed by atoms with Crippen molar-refractivity contribution in [2.75, 3.05) is 38.8 Å². The first-order valence-electron chi connectivity index (χ1n) is 7.66. The van der Waals surface area contributed by atoms with Gasteiger partial charge in [-0.1, -0.05) is 18.9 Å². The van der Waals surface area contributed by atoms with Crippen molar-refractivity contribution < 1.29 is 4.74 Å². The molecule has 0 amide bonds. The van der Waals surface area contributed by atoms with E-state index >= 15 is 0 Å². The molecular weight excluding hydrogens is 250 g/mol. The minimum Gasteiger partial charge on any atom is -0.383 e. The van der Waals surface area contributed by atoms with Crippen LogP contribution in [0.2, 0.25) is 0 Å². The third-order valence-corrected chi connectivity index (χ3v) is 4.03. The Labute approximate surface area is 122 Å². The fourth-order valence-electron chi connectivity index (χ4n) is 2.98. The van der Waals surface area contributed by atoms with Gasteiger partial charge >= 0.3 is 0 Å². The van der Waals surface area contributed by atoms with Gasteiger partial charge in [-0.05, 0) is 24.8 Å². The molecule has 0 saturated heterocycles. The average Bonchev–Trinajstić information content (AvgIpc) is 2.97. The Morgan fingerprint density at radius 1 is 1.40 bits per heavy atom. The van der Waals surface area contributed by atoms with Gasteiger partial charge < -0.3 is 15.0 Å². The number of hydrogen-bond acceptors (Lipinski definition) is 4. The second-order valence-electron chi connectivity index (χ2n) is 5.69. The molecular formula is C16H27N3O. The lowest BCUT2D eigenvalue weighted by atomic mass is 10.1. The van der Waals surface area contributed by atoms with E-state index in [1.54, 1.807) is 7.11 Å². The van der Waals surface area contributed by atoms with Crippen LogP contribution in [0.5, 0.6) is 0 Å². The smallest absolute Gasteiger partial charge is 0.132 e. The molecule has 0 atom stereocenters. The lowest BCUT2D eigenvalue weighted by molar-refractivity contribution is 0.199. The molecule has 1 N–H and O–H groups in total. The van der Waals surface area contributed by atoms with E-state index in [1.165, 1.54) is 31.2 Å². The monoisotopic (exact) mass is 277 g/mol. The zero-order valence-corrected chi connectivity index (χ0v) is 12.8. The number of methoxy groups -OCH3 is 1. The van der Waals surface area contributed by atoms with E-state index in [4.69, 9.17) is 4.74 Å². The van der Waals surface area contributed by atoms with E-state index in [1.807, 2.05) is 12.3 Å². The summed E-state index contributed by atoms with van der Waals surface area (Å²) in [6.45, 7) is 3.59. The molecule has 0 unspecified atom stereocenters. The summed E-state index contributed by atoms with van der Waals surface area (Å²) in [5.74, 6) is 1.96. The predicted molar refractivity (Wildman–Crippen MR) is 83.0 cm³/mol. The molecule has 1 fully saturated rings. The number of rotatable bonds is 8. The Balaban J connectivity index is 1.91. The van der Waals surface area contributed by atoms with Gasteiger partial charge in [0.2, 0.25) is 0 Å². The summed E-state index contributed by atoms with van der Waals surface area (Å²) in [6, 6.07) is 4.17. The molecule has 0 spiro atoms. The predicted octanol–water partition coefficient (Wildman–Crippen LogP) is 2.44. The van der Waals surface area contributed by atoms with Crippen molar-refractivity contribution in [1.82, 2.24) is 10.3 Å². The molecule has 4 heteroatoms. The van der Waals surface area contributed by atoms with E-state index in [9.17, 15) is 0 Å². The SMILES string of the molecule is COCCNCc1cccnc1N(C)CC1CCCC1. The third kappa shape index (κ3) is 4.46. The van der Waals surface area contributed by atoms with Gasteiger partial charge in [0.25, 0.3) is 0 Å². The summed E-state index contributed by atoms with van der Waals surface area (Å²) < 4.78 is 5.06. The van der Waals surface area contributed by atoms with Crippen molar-refractivity contribution in [2.24, 2.45) is 5.92 Å². The third-order valence-electron chi connectivity index (χ3n) is 4.03. The number of ether oxygens (including phenoxy) is 1. The summed E-state index contributed by atoms with van der Waals surface area (Å²) in [7, 11) is 3.89. The van der Waals surface area contributed by atoms with Crippen molar-refractivity contribution in [2.45, 2.75) is 32.2 Å². The molecule has 20 heavy (non-hydrogen) atoms. The van der Waals surface area contributed by atoms with Crippen molar-refractivity contribution in [3.05, 3.63) is 23.9 Å². The van der Waals surface area contributed by atoms with Crippen LogP contribution >= 0.6 is 0 Å². The van der Waals surface area contributed by atoms with Crippen molar-refractivity contribution in [3.63, 3.8) is 0 Å². The molecule has 0 bridgehead atoms. The van der Waals surface area contributed by atoms with Crippen LogP contribution in [-0.4, -0.2) is 38.8 Å². The summed E-state index contributed by atoms with van der Waals surface area (Å²) >= 11 is 0. The molecule has 1 saturated carbocycles. The van der Waals surface area contributed by atoms with Gasteiger partial charge in [0.15, 0.2) is 0 Å². The second-order valence-corrected chi connectivity index (χ2v) is 5.69. The molecule has 0 aliphatic heterocycles. The van der Waals surface area contributed by atoms with E-state index in [0.717, 1.165) is 38.0 Å². The second kappa shape index (κ2) is 8.22. The maximum atomic E-state index is 5.06. The van der Waals surface area contributed by atoms with E-state index in [2.05, 4.69) is 28.3 Å². The van der Waals surface area contributed by atoms with Gasteiger partial charge in [-0.15, -0.1) is 0 Å². The molecule has 2 rings (SSSR count). The number of nitrogens with one attached hydrogen (secondary N) is 1. The van der Waals surface area contributed by atoms with E-state index in [0.29, 0.717) is 0 Å². The van der Waals surface area contributed by atoms with Crippen LogP contribution in [0.25, 0.3) is 0 Å². The Morgan fingerprint density at radius 2 is 2.20 bits per heavy atom. The molecule has 1 aliphatic carbocycles. The van der Waals surface area contributed by atoms with E-state index < -0.39 is 0 Å². The number of nitrogens with zero attached hydrogens (tertiary/aromatic N) is 2. The fraction of sp³-hybridized carbons (Fsp3) is 0.688. The highest BCUT2D eigenvalue weighted by Gasteiger charge is 2.18. The van der Waals surface area contributed by atoms with Crippen LogP contribution < -0.4 is 10.2 Å². The maximum Gasteiger partial charge on any atom is 0.132 e. The van der Waals surface area contributed by atoms with Gasteiger partial charge in [0.05, 0.1) is 6.61 Å². The number of pyridine rings is 1. The molecule has 1 aromatic rings. The van der Waals surface area contributed by atoms with Crippen LogP contribution in [0.15, 0.2) is 18.3 Å². The zero-order valence-electron chi connectivity index (χ0n) is 12.8. The van der Waals surface area contributed by atoms with E-state index in [-0.39, 0.29) is 0 Å². The van der Waals surface area contributed by atoms with Crippen molar-refractivity contribution in [1.29, 1.82) is 0 Å². The number of hydrogen-bond donors (Lipinski definition) is 1. The first-order valence-corrected chi connectivity index (χ1v) is 7.66. The van der Waals surface area contributed by atoms with Gasteiger partial charge in [-0.2, -0.15) is 0 Å². The van der Waals surface area contributed by atoms with Gasteiger partial charge in [-0.25, -0.2) is 4.98 Å². The first-order chi connectivity index (χ1) is 9.81. The molecule has 112 valence electrons. The molecule has 0 aromatic carbocycles. The largest absolute Gasteiger partial charge is 0.383 e. The zero-order chi connectivity index (χ0) is 14.2. The van der Waals surface area contributed by atoms with Crippen LogP contribution in [0.4, 0.5) is 5.82 Å². The van der Waals surface area contributed by atoms with Gasteiger partial charge in [0, 0.05) is 45.6 Å². The summed E-state index contributed by atoms with van der Waals surface area (Å²) in [5.41, 5.74) is 1.27. The first kappa shape index (κ1) is 15.3. The molecule has 4 nitrogen and oxygen atoms in total. The Kier molecular flexibility index (Phi) is 6.27. The van der Waals surface area contributed by atoms with Crippen LogP contribution in [0.3, 0.4) is 0 Å². The standard InChI is InChI=1S/C16H27N3O/c1-19(13-14-6-3-4-7-14)16-15(8-5-9-18-16)12-17-10-11-20-2/h5,8-9,14,17H,3-4,6-7,10-13H2,1-2H3. The maximum absolute atomic E-state index is 5.06. The minimum atomic E-state index is 0.744. The van der Waals surface area contributed by atoms with Gasteiger partial charge in [-0.3, -0.25) is 0 Å². The topological polar surface area (TPSA) is 37.4 Å². The quantitative estimate of drug-likeness (QED) is 0.741. The Morgan fingerprint density at radius 3 is 2.95 bits per heavy atom. The molecule has 1 heterocycles. The highest BCUT2D eigenvalue weighted by Crippen LogP contribution is 2.27. The summed E-state index contributed by atoms with van der Waals surface area (Å²) in [6.07, 6.45) is 7.43. The number of anilines is 1. The highest BCUT2D eigenvalue weighted by atomic mass is 16.5. The summed E-state index contributed by atoms with van der Waals surface area (Å²) in [4.78, 5) is 6.90. The Hall–Kier alpha value is -1.13. The fourth-order valence-corrected chi connectivity index (χ4v) is 2.98. The molecule has 1 aliphatic rings. The van der Waals surface area contributed by atoms with Crippen molar-refractivity contribution in [3.8, 4) is 0 Å².